The number of hydrogen-bond donors (Lipinski definition) is 0. The molecular formula is C10H15NO2. The van der Waals surface area contributed by atoms with E-state index in [2.05, 4.69) is 5.92 Å². The zero-order chi connectivity index (χ0) is 9.84. The fourth-order valence-electron chi connectivity index (χ4n) is 1.57. The highest BCUT2D eigenvalue weighted by Gasteiger charge is 2.33. The molecule has 0 spiro atoms. The van der Waals surface area contributed by atoms with E-state index < -0.39 is 0 Å². The number of hydrogen-bond acceptors (Lipinski definition) is 2. The highest BCUT2D eigenvalue weighted by atomic mass is 16.5. The summed E-state index contributed by atoms with van der Waals surface area (Å²) in [6.07, 6.45) is 5.38. The Hall–Kier alpha value is -1.01. The SMILES string of the molecule is C#C[C@@H]1CN(C(C)=O)C[C@H]1OCC. The summed E-state index contributed by atoms with van der Waals surface area (Å²) in [5.74, 6) is 2.80. The molecule has 3 nitrogen and oxygen atoms in total. The Labute approximate surface area is 79.1 Å². The molecule has 1 fully saturated rings. The zero-order valence-corrected chi connectivity index (χ0v) is 8.12. The number of likely N-dealkylation sites (tertiary alicyclic amines) is 1. The van der Waals surface area contributed by atoms with Gasteiger partial charge in [-0.3, -0.25) is 4.79 Å². The minimum atomic E-state index is 0.0268. The largest absolute Gasteiger partial charge is 0.375 e. The molecular weight excluding hydrogens is 166 g/mol. The van der Waals surface area contributed by atoms with E-state index in [0.717, 1.165) is 0 Å². The van der Waals surface area contributed by atoms with Crippen molar-refractivity contribution in [2.45, 2.75) is 20.0 Å². The van der Waals surface area contributed by atoms with Gasteiger partial charge in [0.1, 0.15) is 0 Å². The van der Waals surface area contributed by atoms with Crippen molar-refractivity contribution in [1.29, 1.82) is 0 Å². The van der Waals surface area contributed by atoms with Crippen LogP contribution in [0.15, 0.2) is 0 Å². The first-order valence-corrected chi connectivity index (χ1v) is 4.52. The molecule has 1 heterocycles. The van der Waals surface area contributed by atoms with Crippen LogP contribution in [-0.4, -0.2) is 36.6 Å². The Morgan fingerprint density at radius 2 is 2.38 bits per heavy atom. The Kier molecular flexibility index (Phi) is 3.32. The molecule has 0 bridgehead atoms. The van der Waals surface area contributed by atoms with Crippen molar-refractivity contribution in [3.8, 4) is 12.3 Å². The molecule has 0 aromatic carbocycles. The van der Waals surface area contributed by atoms with Gasteiger partial charge in [0.15, 0.2) is 0 Å². The topological polar surface area (TPSA) is 29.5 Å². The number of rotatable bonds is 2. The van der Waals surface area contributed by atoms with Crippen LogP contribution in [0.3, 0.4) is 0 Å². The average Bonchev–Trinajstić information content (AvgIpc) is 2.48. The van der Waals surface area contributed by atoms with E-state index in [1.54, 1.807) is 11.8 Å². The molecule has 13 heavy (non-hydrogen) atoms. The van der Waals surface area contributed by atoms with E-state index in [0.29, 0.717) is 19.7 Å². The third-order valence-corrected chi connectivity index (χ3v) is 2.31. The summed E-state index contributed by atoms with van der Waals surface area (Å²) < 4.78 is 5.45. The quantitative estimate of drug-likeness (QED) is 0.581. The van der Waals surface area contributed by atoms with Crippen LogP contribution in [0.4, 0.5) is 0 Å². The predicted molar refractivity (Wildman–Crippen MR) is 50.0 cm³/mol. The zero-order valence-electron chi connectivity index (χ0n) is 8.12. The standard InChI is InChI=1S/C10H15NO2/c1-4-9-6-11(8(3)12)7-10(9)13-5-2/h1,9-10H,5-7H2,2-3H3/t9-,10-/m1/s1. The Morgan fingerprint density at radius 1 is 1.69 bits per heavy atom. The molecule has 1 saturated heterocycles. The van der Waals surface area contributed by atoms with Crippen molar-refractivity contribution in [2.24, 2.45) is 5.92 Å². The number of carbonyl (C=O) groups excluding carboxylic acids is 1. The summed E-state index contributed by atoms with van der Waals surface area (Å²) in [5.41, 5.74) is 0. The number of terminal acetylenes is 1. The number of amides is 1. The number of ether oxygens (including phenoxy) is 1. The Morgan fingerprint density at radius 3 is 2.85 bits per heavy atom. The van der Waals surface area contributed by atoms with Gasteiger partial charge < -0.3 is 9.64 Å². The average molecular weight is 181 g/mol. The molecule has 0 aliphatic carbocycles. The van der Waals surface area contributed by atoms with E-state index >= 15 is 0 Å². The van der Waals surface area contributed by atoms with Crippen LogP contribution in [-0.2, 0) is 9.53 Å². The minimum Gasteiger partial charge on any atom is -0.375 e. The summed E-state index contributed by atoms with van der Waals surface area (Å²) in [7, 11) is 0. The summed E-state index contributed by atoms with van der Waals surface area (Å²) in [6, 6.07) is 0. The minimum absolute atomic E-state index is 0.0268. The van der Waals surface area contributed by atoms with Crippen molar-refractivity contribution in [3.63, 3.8) is 0 Å². The van der Waals surface area contributed by atoms with E-state index in [-0.39, 0.29) is 17.9 Å². The van der Waals surface area contributed by atoms with Crippen LogP contribution in [0.2, 0.25) is 0 Å². The van der Waals surface area contributed by atoms with Crippen LogP contribution in [0.25, 0.3) is 0 Å². The van der Waals surface area contributed by atoms with Gasteiger partial charge in [-0.05, 0) is 6.92 Å². The normalized spacial score (nSPS) is 27.3. The van der Waals surface area contributed by atoms with Gasteiger partial charge in [0.2, 0.25) is 5.91 Å². The molecule has 1 rings (SSSR count). The molecule has 3 heteroatoms. The van der Waals surface area contributed by atoms with Gasteiger partial charge >= 0.3 is 0 Å². The molecule has 1 amide bonds. The third kappa shape index (κ3) is 2.22. The molecule has 0 N–H and O–H groups in total. The highest BCUT2D eigenvalue weighted by Crippen LogP contribution is 2.19. The van der Waals surface area contributed by atoms with Crippen LogP contribution >= 0.6 is 0 Å². The lowest BCUT2D eigenvalue weighted by Crippen LogP contribution is -2.27. The maximum atomic E-state index is 11.1. The molecule has 1 aliphatic heterocycles. The van der Waals surface area contributed by atoms with Crippen molar-refractivity contribution >= 4 is 5.91 Å². The monoisotopic (exact) mass is 181 g/mol. The van der Waals surface area contributed by atoms with E-state index in [1.807, 2.05) is 6.92 Å². The van der Waals surface area contributed by atoms with Crippen molar-refractivity contribution in [1.82, 2.24) is 4.90 Å². The van der Waals surface area contributed by atoms with Crippen LogP contribution < -0.4 is 0 Å². The van der Waals surface area contributed by atoms with E-state index in [1.165, 1.54) is 0 Å². The van der Waals surface area contributed by atoms with Crippen molar-refractivity contribution in [2.75, 3.05) is 19.7 Å². The fraction of sp³-hybridized carbons (Fsp3) is 0.700. The van der Waals surface area contributed by atoms with Gasteiger partial charge in [0, 0.05) is 26.6 Å². The molecule has 0 radical (unpaired) electrons. The van der Waals surface area contributed by atoms with Gasteiger partial charge in [-0.15, -0.1) is 6.42 Å². The molecule has 1 aliphatic rings. The van der Waals surface area contributed by atoms with Gasteiger partial charge in [0.05, 0.1) is 12.0 Å². The number of nitrogens with zero attached hydrogens (tertiary/aromatic N) is 1. The smallest absolute Gasteiger partial charge is 0.219 e. The second kappa shape index (κ2) is 4.29. The second-order valence-corrected chi connectivity index (χ2v) is 3.19. The second-order valence-electron chi connectivity index (χ2n) is 3.19. The molecule has 0 aromatic heterocycles. The van der Waals surface area contributed by atoms with Gasteiger partial charge in [-0.2, -0.15) is 0 Å². The maximum Gasteiger partial charge on any atom is 0.219 e. The Balaban J connectivity index is 2.57. The summed E-state index contributed by atoms with van der Waals surface area (Å²) in [5, 5.41) is 0. The van der Waals surface area contributed by atoms with Crippen LogP contribution in [0.1, 0.15) is 13.8 Å². The lowest BCUT2D eigenvalue weighted by molar-refractivity contribution is -0.128. The van der Waals surface area contributed by atoms with Gasteiger partial charge in [-0.25, -0.2) is 0 Å². The molecule has 0 aromatic rings. The third-order valence-electron chi connectivity index (χ3n) is 2.31. The van der Waals surface area contributed by atoms with Gasteiger partial charge in [-0.1, -0.05) is 5.92 Å². The van der Waals surface area contributed by atoms with Gasteiger partial charge in [0.25, 0.3) is 0 Å². The first-order valence-electron chi connectivity index (χ1n) is 4.52. The highest BCUT2D eigenvalue weighted by molar-refractivity contribution is 5.73. The van der Waals surface area contributed by atoms with Crippen LogP contribution in [0, 0.1) is 18.3 Å². The van der Waals surface area contributed by atoms with Crippen molar-refractivity contribution < 1.29 is 9.53 Å². The van der Waals surface area contributed by atoms with E-state index in [4.69, 9.17) is 11.2 Å². The van der Waals surface area contributed by atoms with E-state index in [9.17, 15) is 4.79 Å². The Bertz CT molecular complexity index is 232. The lowest BCUT2D eigenvalue weighted by Gasteiger charge is -2.13. The predicted octanol–water partition coefficient (Wildman–Crippen LogP) is 0.503. The first kappa shape index (κ1) is 10.1. The van der Waals surface area contributed by atoms with Crippen LogP contribution in [0.5, 0.6) is 0 Å². The lowest BCUT2D eigenvalue weighted by atomic mass is 10.1. The first-order chi connectivity index (χ1) is 6.19. The summed E-state index contributed by atoms with van der Waals surface area (Å²) >= 11 is 0. The molecule has 0 saturated carbocycles. The molecule has 2 atom stereocenters. The number of carbonyl (C=O) groups is 1. The molecule has 0 unspecified atom stereocenters. The van der Waals surface area contributed by atoms with Crippen molar-refractivity contribution in [3.05, 3.63) is 0 Å². The summed E-state index contributed by atoms with van der Waals surface area (Å²) in [6.45, 7) is 5.41. The maximum absolute atomic E-state index is 11.1. The summed E-state index contributed by atoms with van der Waals surface area (Å²) in [4.78, 5) is 12.8. The molecule has 72 valence electrons. The fourth-order valence-corrected chi connectivity index (χ4v) is 1.57.